The molecule has 3 heterocycles. The van der Waals surface area contributed by atoms with E-state index in [4.69, 9.17) is 16.3 Å². The monoisotopic (exact) mass is 410 g/mol. The fourth-order valence-corrected chi connectivity index (χ4v) is 2.93. The summed E-state index contributed by atoms with van der Waals surface area (Å²) < 4.78 is 8.18. The van der Waals surface area contributed by atoms with Crippen molar-refractivity contribution in [2.24, 2.45) is 0 Å². The largest absolute Gasteiger partial charge is 0.442 e. The molecule has 8 nitrogen and oxygen atoms in total. The summed E-state index contributed by atoms with van der Waals surface area (Å²) in [6, 6.07) is 11.5. The number of nitrogens with one attached hydrogen (secondary N) is 1. The number of halogens is 1. The van der Waals surface area contributed by atoms with Crippen LogP contribution in [0.5, 0.6) is 0 Å². The fourth-order valence-electron chi connectivity index (χ4n) is 2.76. The number of anilines is 2. The van der Waals surface area contributed by atoms with E-state index in [0.29, 0.717) is 5.82 Å². The van der Waals surface area contributed by atoms with Gasteiger partial charge in [0.2, 0.25) is 5.28 Å². The predicted octanol–water partition coefficient (Wildman–Crippen LogP) is 4.77. The van der Waals surface area contributed by atoms with Gasteiger partial charge >= 0.3 is 6.09 Å². The zero-order valence-corrected chi connectivity index (χ0v) is 16.9. The first kappa shape index (κ1) is 18.9. The van der Waals surface area contributed by atoms with Crippen molar-refractivity contribution in [1.82, 2.24) is 24.4 Å². The number of rotatable bonds is 3. The Morgan fingerprint density at radius 1 is 1.14 bits per heavy atom. The highest BCUT2D eigenvalue weighted by Crippen LogP contribution is 2.25. The smallest absolute Gasteiger partial charge is 0.435 e. The third-order valence-electron chi connectivity index (χ3n) is 4.01. The maximum atomic E-state index is 12.1. The van der Waals surface area contributed by atoms with Crippen LogP contribution in [0.1, 0.15) is 20.8 Å². The highest BCUT2D eigenvalue weighted by atomic mass is 35.5. The molecule has 0 unspecified atom stereocenters. The SMILES string of the molecule is CC(C)(C)OC(=O)n1cc(-c2ccc(Nc3nc(Cl)nn4cccc34)cc2)cn1. The first-order valence-corrected chi connectivity index (χ1v) is 9.33. The minimum Gasteiger partial charge on any atom is -0.442 e. The van der Waals surface area contributed by atoms with E-state index in [-0.39, 0.29) is 5.28 Å². The summed E-state index contributed by atoms with van der Waals surface area (Å²) in [6.07, 6.45) is 4.56. The summed E-state index contributed by atoms with van der Waals surface area (Å²) in [4.78, 5) is 16.4. The van der Waals surface area contributed by atoms with Gasteiger partial charge in [-0.1, -0.05) is 12.1 Å². The molecule has 0 aliphatic carbocycles. The molecular weight excluding hydrogens is 392 g/mol. The Morgan fingerprint density at radius 2 is 1.90 bits per heavy atom. The molecule has 4 aromatic rings. The summed E-state index contributed by atoms with van der Waals surface area (Å²) in [5.41, 5.74) is 2.80. The van der Waals surface area contributed by atoms with Crippen molar-refractivity contribution in [2.45, 2.75) is 26.4 Å². The first-order valence-electron chi connectivity index (χ1n) is 8.95. The maximum absolute atomic E-state index is 12.1. The van der Waals surface area contributed by atoms with Gasteiger partial charge in [0, 0.05) is 23.6 Å². The lowest BCUT2D eigenvalue weighted by Gasteiger charge is -2.18. The van der Waals surface area contributed by atoms with Crippen LogP contribution in [0.2, 0.25) is 5.28 Å². The van der Waals surface area contributed by atoms with E-state index in [9.17, 15) is 4.79 Å². The number of carbonyl (C=O) groups excluding carboxylic acids is 1. The molecule has 3 aromatic heterocycles. The lowest BCUT2D eigenvalue weighted by molar-refractivity contribution is 0.0514. The van der Waals surface area contributed by atoms with E-state index in [1.165, 1.54) is 4.68 Å². The third kappa shape index (κ3) is 4.22. The topological polar surface area (TPSA) is 86.3 Å². The lowest BCUT2D eigenvalue weighted by Crippen LogP contribution is -2.27. The number of nitrogens with zero attached hydrogens (tertiary/aromatic N) is 5. The van der Waals surface area contributed by atoms with Crippen LogP contribution in [0, 0.1) is 0 Å². The molecule has 0 atom stereocenters. The van der Waals surface area contributed by atoms with Gasteiger partial charge in [-0.05, 0) is 62.2 Å². The molecule has 0 radical (unpaired) electrons. The summed E-state index contributed by atoms with van der Waals surface area (Å²) in [5.74, 6) is 0.612. The van der Waals surface area contributed by atoms with E-state index in [2.05, 4.69) is 20.5 Å². The third-order valence-corrected chi connectivity index (χ3v) is 4.17. The quantitative estimate of drug-likeness (QED) is 0.523. The number of hydrogen-bond acceptors (Lipinski definition) is 6. The number of ether oxygens (including phenoxy) is 1. The van der Waals surface area contributed by atoms with Crippen molar-refractivity contribution >= 4 is 34.7 Å². The standard InChI is InChI=1S/C20H19ClN6O2/c1-20(2,3)29-19(28)27-12-14(11-22-27)13-6-8-15(9-7-13)23-17-16-5-4-10-26(16)25-18(21)24-17/h4-12H,1-3H3,(H,23,24,25). The van der Waals surface area contributed by atoms with Crippen LogP contribution in [0.3, 0.4) is 0 Å². The second-order valence-corrected chi connectivity index (χ2v) is 7.76. The van der Waals surface area contributed by atoms with Gasteiger partial charge in [-0.25, -0.2) is 9.31 Å². The van der Waals surface area contributed by atoms with Crippen LogP contribution in [0.4, 0.5) is 16.3 Å². The van der Waals surface area contributed by atoms with Gasteiger partial charge in [0.1, 0.15) is 11.1 Å². The van der Waals surface area contributed by atoms with E-state index >= 15 is 0 Å². The minimum absolute atomic E-state index is 0.155. The minimum atomic E-state index is -0.578. The maximum Gasteiger partial charge on any atom is 0.435 e. The van der Waals surface area contributed by atoms with E-state index < -0.39 is 11.7 Å². The summed E-state index contributed by atoms with van der Waals surface area (Å²) in [7, 11) is 0. The fraction of sp³-hybridized carbons (Fsp3) is 0.200. The molecule has 1 aromatic carbocycles. The van der Waals surface area contributed by atoms with Crippen LogP contribution in [0.15, 0.2) is 55.0 Å². The van der Waals surface area contributed by atoms with Gasteiger partial charge in [-0.3, -0.25) is 0 Å². The molecule has 0 fully saturated rings. The zero-order valence-electron chi connectivity index (χ0n) is 16.1. The van der Waals surface area contributed by atoms with Crippen molar-refractivity contribution in [1.29, 1.82) is 0 Å². The highest BCUT2D eigenvalue weighted by molar-refractivity contribution is 6.28. The van der Waals surface area contributed by atoms with Crippen molar-refractivity contribution in [3.63, 3.8) is 0 Å². The molecule has 0 spiro atoms. The van der Waals surface area contributed by atoms with Gasteiger partial charge in [0.15, 0.2) is 5.82 Å². The summed E-state index contributed by atoms with van der Waals surface area (Å²) >= 11 is 5.99. The molecule has 0 bridgehead atoms. The summed E-state index contributed by atoms with van der Waals surface area (Å²) in [6.45, 7) is 5.44. The molecule has 0 amide bonds. The number of aromatic nitrogens is 5. The number of hydrogen-bond donors (Lipinski definition) is 1. The van der Waals surface area contributed by atoms with E-state index in [0.717, 1.165) is 22.3 Å². The Kier molecular flexibility index (Phi) is 4.71. The van der Waals surface area contributed by atoms with Gasteiger partial charge in [0.05, 0.1) is 6.20 Å². The van der Waals surface area contributed by atoms with Crippen LogP contribution in [0.25, 0.3) is 16.6 Å². The Morgan fingerprint density at radius 3 is 2.62 bits per heavy atom. The Labute approximate surface area is 172 Å². The van der Waals surface area contributed by atoms with Crippen LogP contribution >= 0.6 is 11.6 Å². The average molecular weight is 411 g/mol. The van der Waals surface area contributed by atoms with Gasteiger partial charge < -0.3 is 10.1 Å². The van der Waals surface area contributed by atoms with Crippen LogP contribution in [-0.2, 0) is 4.74 Å². The van der Waals surface area contributed by atoms with Gasteiger partial charge in [-0.15, -0.1) is 5.10 Å². The second kappa shape index (κ2) is 7.21. The molecule has 29 heavy (non-hydrogen) atoms. The van der Waals surface area contributed by atoms with Crippen molar-refractivity contribution in [3.8, 4) is 11.1 Å². The second-order valence-electron chi connectivity index (χ2n) is 7.42. The molecule has 1 N–H and O–H groups in total. The molecule has 4 rings (SSSR count). The van der Waals surface area contributed by atoms with E-state index in [1.807, 2.05) is 57.2 Å². The van der Waals surface area contributed by atoms with Gasteiger partial charge in [0.25, 0.3) is 0 Å². The lowest BCUT2D eigenvalue weighted by atomic mass is 10.1. The molecular formula is C20H19ClN6O2. The van der Waals surface area contributed by atoms with Crippen molar-refractivity contribution in [3.05, 3.63) is 60.3 Å². The highest BCUT2D eigenvalue weighted by Gasteiger charge is 2.18. The van der Waals surface area contributed by atoms with Crippen LogP contribution in [-0.4, -0.2) is 36.1 Å². The summed E-state index contributed by atoms with van der Waals surface area (Å²) in [5, 5.41) is 11.6. The molecule has 0 saturated carbocycles. The Hall–Kier alpha value is -3.39. The van der Waals surface area contributed by atoms with Crippen molar-refractivity contribution < 1.29 is 9.53 Å². The van der Waals surface area contributed by atoms with Gasteiger partial charge in [-0.2, -0.15) is 14.8 Å². The molecule has 0 saturated heterocycles. The molecule has 148 valence electrons. The zero-order chi connectivity index (χ0) is 20.6. The molecule has 0 aliphatic rings. The number of carbonyl (C=O) groups is 1. The first-order chi connectivity index (χ1) is 13.8. The van der Waals surface area contributed by atoms with Crippen molar-refractivity contribution in [2.75, 3.05) is 5.32 Å². The average Bonchev–Trinajstić information content (AvgIpc) is 3.30. The predicted molar refractivity (Wildman–Crippen MR) is 111 cm³/mol. The Bertz CT molecular complexity index is 1170. The van der Waals surface area contributed by atoms with E-state index in [1.54, 1.807) is 23.1 Å². The number of fused-ring (bicyclic) bond motifs is 1. The number of benzene rings is 1. The van der Waals surface area contributed by atoms with Crippen LogP contribution < -0.4 is 5.32 Å². The molecule has 0 aliphatic heterocycles. The normalized spacial score (nSPS) is 11.6. The molecule has 9 heteroatoms. The Balaban J connectivity index is 1.53.